The summed E-state index contributed by atoms with van der Waals surface area (Å²) in [4.78, 5) is 21.6. The first-order chi connectivity index (χ1) is 9.58. The molecule has 2 aromatic rings. The van der Waals surface area contributed by atoms with Crippen LogP contribution in [0.3, 0.4) is 0 Å². The molecular formula is C12H8ClN3O4. The van der Waals surface area contributed by atoms with Gasteiger partial charge in [0.15, 0.2) is 5.76 Å². The predicted octanol–water partition coefficient (Wildman–Crippen LogP) is 2.61. The molecule has 1 amide bonds. The zero-order chi connectivity index (χ0) is 14.5. The minimum absolute atomic E-state index is 0.104. The van der Waals surface area contributed by atoms with Gasteiger partial charge >= 0.3 is 5.91 Å². The Hall–Kier alpha value is -2.67. The van der Waals surface area contributed by atoms with E-state index in [1.807, 2.05) is 0 Å². The van der Waals surface area contributed by atoms with Crippen molar-refractivity contribution in [1.29, 1.82) is 0 Å². The lowest BCUT2D eigenvalue weighted by molar-refractivity contribution is -0.384. The van der Waals surface area contributed by atoms with E-state index in [1.165, 1.54) is 36.7 Å². The van der Waals surface area contributed by atoms with Crippen LogP contribution in [0.25, 0.3) is 0 Å². The Bertz CT molecular complexity index is 667. The summed E-state index contributed by atoms with van der Waals surface area (Å²) < 4.78 is 4.87. The van der Waals surface area contributed by atoms with Gasteiger partial charge in [-0.2, -0.15) is 5.10 Å². The first-order valence-electron chi connectivity index (χ1n) is 5.39. The van der Waals surface area contributed by atoms with Crippen molar-refractivity contribution in [1.82, 2.24) is 5.43 Å². The van der Waals surface area contributed by atoms with Gasteiger partial charge in [0, 0.05) is 22.7 Å². The van der Waals surface area contributed by atoms with Gasteiger partial charge in [0.25, 0.3) is 5.69 Å². The summed E-state index contributed by atoms with van der Waals surface area (Å²) in [6.45, 7) is 0. The maximum Gasteiger partial charge on any atom is 0.307 e. The minimum atomic E-state index is -0.547. The molecule has 0 spiro atoms. The van der Waals surface area contributed by atoms with Crippen molar-refractivity contribution >= 4 is 29.4 Å². The molecule has 1 aromatic carbocycles. The van der Waals surface area contributed by atoms with Gasteiger partial charge in [0.2, 0.25) is 0 Å². The minimum Gasteiger partial charge on any atom is -0.459 e. The van der Waals surface area contributed by atoms with Crippen molar-refractivity contribution < 1.29 is 14.1 Å². The van der Waals surface area contributed by atoms with E-state index in [2.05, 4.69) is 10.5 Å². The summed E-state index contributed by atoms with van der Waals surface area (Å²) in [7, 11) is 0. The Morgan fingerprint density at radius 2 is 2.25 bits per heavy atom. The molecule has 20 heavy (non-hydrogen) atoms. The van der Waals surface area contributed by atoms with E-state index in [4.69, 9.17) is 16.0 Å². The number of amides is 1. The van der Waals surface area contributed by atoms with Crippen LogP contribution in [0.15, 0.2) is 46.1 Å². The third kappa shape index (κ3) is 3.21. The third-order valence-electron chi connectivity index (χ3n) is 2.31. The van der Waals surface area contributed by atoms with Gasteiger partial charge in [-0.25, -0.2) is 5.43 Å². The van der Waals surface area contributed by atoms with Gasteiger partial charge in [-0.05, 0) is 18.2 Å². The molecule has 1 aromatic heterocycles. The second kappa shape index (κ2) is 5.98. The number of hydrazone groups is 1. The summed E-state index contributed by atoms with van der Waals surface area (Å²) in [6, 6.07) is 6.96. The van der Waals surface area contributed by atoms with Crippen LogP contribution in [-0.2, 0) is 0 Å². The molecule has 0 saturated heterocycles. The maximum absolute atomic E-state index is 11.5. The van der Waals surface area contributed by atoms with Crippen LogP contribution >= 0.6 is 11.6 Å². The third-order valence-corrected chi connectivity index (χ3v) is 2.65. The van der Waals surface area contributed by atoms with Crippen molar-refractivity contribution in [3.05, 3.63) is 63.1 Å². The summed E-state index contributed by atoms with van der Waals surface area (Å²) >= 11 is 5.87. The number of rotatable bonds is 4. The van der Waals surface area contributed by atoms with Crippen molar-refractivity contribution in [3.63, 3.8) is 0 Å². The average Bonchev–Trinajstić information content (AvgIpc) is 2.94. The van der Waals surface area contributed by atoms with Gasteiger partial charge < -0.3 is 4.42 Å². The van der Waals surface area contributed by atoms with Crippen LogP contribution in [0.2, 0.25) is 5.02 Å². The largest absolute Gasteiger partial charge is 0.459 e. The number of nitrogens with zero attached hydrogens (tertiary/aromatic N) is 2. The van der Waals surface area contributed by atoms with E-state index >= 15 is 0 Å². The Labute approximate surface area is 118 Å². The lowest BCUT2D eigenvalue weighted by Gasteiger charge is -1.98. The Balaban J connectivity index is 2.09. The fourth-order valence-electron chi connectivity index (χ4n) is 1.37. The van der Waals surface area contributed by atoms with Crippen LogP contribution in [0.1, 0.15) is 16.1 Å². The highest BCUT2D eigenvalue weighted by Crippen LogP contribution is 2.20. The molecular weight excluding hydrogens is 286 g/mol. The summed E-state index contributed by atoms with van der Waals surface area (Å²) in [5.41, 5.74) is 2.42. The molecule has 7 nitrogen and oxygen atoms in total. The van der Waals surface area contributed by atoms with Crippen molar-refractivity contribution in [2.45, 2.75) is 0 Å². The van der Waals surface area contributed by atoms with Gasteiger partial charge in [0.05, 0.1) is 17.4 Å². The highest BCUT2D eigenvalue weighted by Gasteiger charge is 2.09. The Kier molecular flexibility index (Phi) is 4.11. The number of hydrogen-bond acceptors (Lipinski definition) is 5. The quantitative estimate of drug-likeness (QED) is 0.532. The van der Waals surface area contributed by atoms with Gasteiger partial charge in [0.1, 0.15) is 0 Å². The topological polar surface area (TPSA) is 97.7 Å². The number of nitro groups is 1. The SMILES string of the molecule is O=C(NN=Cc1cc([N+](=O)[O-])ccc1Cl)c1ccco1. The molecule has 2 rings (SSSR count). The zero-order valence-electron chi connectivity index (χ0n) is 9.95. The molecule has 0 saturated carbocycles. The summed E-state index contributed by atoms with van der Waals surface area (Å²) in [5.74, 6) is -0.430. The van der Waals surface area contributed by atoms with E-state index in [9.17, 15) is 14.9 Å². The van der Waals surface area contributed by atoms with E-state index < -0.39 is 10.8 Å². The smallest absolute Gasteiger partial charge is 0.307 e. The number of furan rings is 1. The Morgan fingerprint density at radius 3 is 2.90 bits per heavy atom. The number of nitro benzene ring substituents is 1. The summed E-state index contributed by atoms with van der Waals surface area (Å²) in [6.07, 6.45) is 2.58. The summed E-state index contributed by atoms with van der Waals surface area (Å²) in [5, 5.41) is 14.6. The lowest BCUT2D eigenvalue weighted by atomic mass is 10.2. The molecule has 0 fully saturated rings. The number of nitrogens with one attached hydrogen (secondary N) is 1. The van der Waals surface area contributed by atoms with Crippen molar-refractivity contribution in [3.8, 4) is 0 Å². The molecule has 102 valence electrons. The molecule has 0 aliphatic rings. The average molecular weight is 294 g/mol. The van der Waals surface area contributed by atoms with Gasteiger partial charge in [-0.15, -0.1) is 0 Å². The van der Waals surface area contributed by atoms with Crippen LogP contribution in [-0.4, -0.2) is 17.0 Å². The van der Waals surface area contributed by atoms with Gasteiger partial charge in [-0.3, -0.25) is 14.9 Å². The molecule has 0 aliphatic heterocycles. The standard InChI is InChI=1S/C12H8ClN3O4/c13-10-4-3-9(16(18)19)6-8(10)7-14-15-12(17)11-2-1-5-20-11/h1-7H,(H,15,17). The van der Waals surface area contributed by atoms with Crippen LogP contribution in [0.5, 0.6) is 0 Å². The molecule has 8 heteroatoms. The molecule has 1 N–H and O–H groups in total. The number of carbonyl (C=O) groups is 1. The van der Waals surface area contributed by atoms with Crippen LogP contribution < -0.4 is 5.43 Å². The number of halogens is 1. The second-order valence-electron chi connectivity index (χ2n) is 3.64. The van der Waals surface area contributed by atoms with Crippen LogP contribution in [0.4, 0.5) is 5.69 Å². The number of benzene rings is 1. The number of hydrogen-bond donors (Lipinski definition) is 1. The van der Waals surface area contributed by atoms with Gasteiger partial charge in [-0.1, -0.05) is 11.6 Å². The van der Waals surface area contributed by atoms with E-state index in [0.717, 1.165) is 0 Å². The molecule has 0 radical (unpaired) electrons. The fraction of sp³-hybridized carbons (Fsp3) is 0. The number of non-ortho nitro benzene ring substituents is 1. The molecule has 0 bridgehead atoms. The Morgan fingerprint density at radius 1 is 1.45 bits per heavy atom. The second-order valence-corrected chi connectivity index (χ2v) is 4.05. The normalized spacial score (nSPS) is 10.7. The van der Waals surface area contributed by atoms with Crippen LogP contribution in [0, 0.1) is 10.1 Å². The first kappa shape index (κ1) is 13.8. The highest BCUT2D eigenvalue weighted by molar-refractivity contribution is 6.33. The monoisotopic (exact) mass is 293 g/mol. The predicted molar refractivity (Wildman–Crippen MR) is 71.9 cm³/mol. The molecule has 0 unspecified atom stereocenters. The van der Waals surface area contributed by atoms with Crippen molar-refractivity contribution in [2.75, 3.05) is 0 Å². The highest BCUT2D eigenvalue weighted by atomic mass is 35.5. The molecule has 0 aliphatic carbocycles. The van der Waals surface area contributed by atoms with E-state index in [0.29, 0.717) is 5.56 Å². The molecule has 0 atom stereocenters. The lowest BCUT2D eigenvalue weighted by Crippen LogP contribution is -2.16. The first-order valence-corrected chi connectivity index (χ1v) is 5.76. The van der Waals surface area contributed by atoms with E-state index in [-0.39, 0.29) is 16.5 Å². The van der Waals surface area contributed by atoms with Crippen molar-refractivity contribution in [2.24, 2.45) is 5.10 Å². The number of carbonyl (C=O) groups excluding carboxylic acids is 1. The zero-order valence-corrected chi connectivity index (χ0v) is 10.7. The maximum atomic E-state index is 11.5. The molecule has 1 heterocycles. The fourth-order valence-corrected chi connectivity index (χ4v) is 1.53. The van der Waals surface area contributed by atoms with E-state index in [1.54, 1.807) is 6.07 Å².